The van der Waals surface area contributed by atoms with Crippen molar-refractivity contribution in [1.82, 2.24) is 5.32 Å². The molecule has 2 heterocycles. The lowest BCUT2D eigenvalue weighted by molar-refractivity contribution is -0.118. The van der Waals surface area contributed by atoms with Crippen LogP contribution in [0.4, 0.5) is 5.69 Å². The maximum Gasteiger partial charge on any atom is 0.266 e. The Balaban J connectivity index is 1.83. The third-order valence-electron chi connectivity index (χ3n) is 5.04. The number of nitrogens with zero attached hydrogens (tertiary/aromatic N) is 2. The topological polar surface area (TPSA) is 69.3 Å². The number of nitrogens with one attached hydrogen (secondary N) is 1. The van der Waals surface area contributed by atoms with E-state index >= 15 is 0 Å². The number of aryl methyl sites for hydroxylation is 2. The number of carbonyl (C=O) groups is 1. The van der Waals surface area contributed by atoms with Crippen LogP contribution < -0.4 is 10.2 Å². The van der Waals surface area contributed by atoms with Gasteiger partial charge in [-0.3, -0.25) is 4.79 Å². The summed E-state index contributed by atoms with van der Waals surface area (Å²) < 4.78 is 6.09. The molecule has 8 heteroatoms. The first kappa shape index (κ1) is 21.4. The van der Waals surface area contributed by atoms with Gasteiger partial charge in [0.2, 0.25) is 0 Å². The number of hydrogen-bond donors (Lipinski definition) is 2. The smallest absolute Gasteiger partial charge is 0.266 e. The van der Waals surface area contributed by atoms with E-state index in [9.17, 15) is 10.1 Å². The predicted octanol–water partition coefficient (Wildman–Crippen LogP) is 6.17. The minimum absolute atomic E-state index is 0.0586. The molecule has 1 unspecified atom stereocenters. The molecular formula is C23H17Cl2N3O2S. The zero-order valence-corrected chi connectivity index (χ0v) is 19.0. The van der Waals surface area contributed by atoms with Gasteiger partial charge in [0.25, 0.3) is 5.91 Å². The van der Waals surface area contributed by atoms with Gasteiger partial charge in [0.05, 0.1) is 15.1 Å². The predicted molar refractivity (Wildman–Crippen MR) is 125 cm³/mol. The first-order chi connectivity index (χ1) is 14.8. The van der Waals surface area contributed by atoms with Crippen LogP contribution in [0.3, 0.4) is 0 Å². The molecule has 1 aliphatic rings. The largest absolute Gasteiger partial charge is 0.457 e. The van der Waals surface area contributed by atoms with Gasteiger partial charge in [0.1, 0.15) is 23.2 Å². The monoisotopic (exact) mass is 469 g/mol. The number of anilines is 1. The summed E-state index contributed by atoms with van der Waals surface area (Å²) in [5, 5.41) is 13.5. The van der Waals surface area contributed by atoms with Crippen molar-refractivity contribution < 1.29 is 9.21 Å². The van der Waals surface area contributed by atoms with E-state index in [0.29, 0.717) is 21.6 Å². The second kappa shape index (κ2) is 8.35. The number of carbonyl (C=O) groups excluding carboxylic acids is 1. The first-order valence-corrected chi connectivity index (χ1v) is 10.6. The van der Waals surface area contributed by atoms with Gasteiger partial charge in [-0.1, -0.05) is 35.3 Å². The number of hydrogen-bond acceptors (Lipinski definition) is 5. The molecule has 3 aromatic rings. The summed E-state index contributed by atoms with van der Waals surface area (Å²) in [6, 6.07) is 16.7. The minimum Gasteiger partial charge on any atom is -0.457 e. The molecule has 0 radical (unpaired) electrons. The van der Waals surface area contributed by atoms with Crippen molar-refractivity contribution in [2.75, 3.05) is 4.90 Å². The standard InChI is InChI=1S/C23H17Cl2N3O2S/c1-12-3-4-13(2)18(9-12)28-21(27-22(29)15(11-26)23(28)31)20-8-7-19(30-20)14-5-6-16(24)17(25)10-14/h3-10,21,31H,1-2H3,(H,27,29). The van der Waals surface area contributed by atoms with Gasteiger partial charge < -0.3 is 14.6 Å². The molecule has 31 heavy (non-hydrogen) atoms. The van der Waals surface area contributed by atoms with Crippen LogP contribution in [0.1, 0.15) is 23.1 Å². The highest BCUT2D eigenvalue weighted by atomic mass is 35.5. The third-order valence-corrected chi connectivity index (χ3v) is 6.22. The summed E-state index contributed by atoms with van der Waals surface area (Å²) in [6.07, 6.45) is -0.686. The van der Waals surface area contributed by atoms with E-state index in [4.69, 9.17) is 27.6 Å². The Bertz CT molecular complexity index is 1280. The Morgan fingerprint density at radius 3 is 2.58 bits per heavy atom. The number of rotatable bonds is 3. The highest BCUT2D eigenvalue weighted by Crippen LogP contribution is 2.39. The Morgan fingerprint density at radius 2 is 1.87 bits per heavy atom. The molecule has 0 saturated heterocycles. The number of thiol groups is 1. The van der Waals surface area contributed by atoms with Crippen molar-refractivity contribution >= 4 is 47.4 Å². The summed E-state index contributed by atoms with van der Waals surface area (Å²) in [7, 11) is 0. The average molecular weight is 470 g/mol. The molecule has 1 atom stereocenters. The van der Waals surface area contributed by atoms with Gasteiger partial charge in [-0.2, -0.15) is 5.26 Å². The third kappa shape index (κ3) is 3.92. The van der Waals surface area contributed by atoms with E-state index in [1.807, 2.05) is 38.1 Å². The molecule has 1 amide bonds. The van der Waals surface area contributed by atoms with Crippen LogP contribution in [0.25, 0.3) is 11.3 Å². The second-order valence-corrected chi connectivity index (χ2v) is 8.42. The zero-order valence-electron chi connectivity index (χ0n) is 16.6. The molecular weight excluding hydrogens is 453 g/mol. The molecule has 2 aromatic carbocycles. The fraction of sp³-hybridized carbons (Fsp3) is 0.130. The van der Waals surface area contributed by atoms with E-state index in [1.165, 1.54) is 0 Å². The van der Waals surface area contributed by atoms with Crippen LogP contribution in [-0.4, -0.2) is 5.91 Å². The van der Waals surface area contributed by atoms with E-state index in [-0.39, 0.29) is 10.6 Å². The van der Waals surface area contributed by atoms with Crippen LogP contribution in [-0.2, 0) is 4.79 Å². The van der Waals surface area contributed by atoms with Crippen molar-refractivity contribution in [3.05, 3.63) is 86.1 Å². The molecule has 4 rings (SSSR count). The molecule has 5 nitrogen and oxygen atoms in total. The van der Waals surface area contributed by atoms with Crippen LogP contribution in [0.5, 0.6) is 0 Å². The van der Waals surface area contributed by atoms with E-state index in [2.05, 4.69) is 17.9 Å². The SMILES string of the molecule is Cc1ccc(C)c(N2C(S)=C(C#N)C(=O)NC2c2ccc(-c3ccc(Cl)c(Cl)c3)o2)c1. The average Bonchev–Trinajstić information content (AvgIpc) is 3.22. The molecule has 0 aliphatic carbocycles. The molecule has 0 saturated carbocycles. The molecule has 156 valence electrons. The Hall–Kier alpha value is -2.85. The molecule has 0 bridgehead atoms. The number of benzene rings is 2. The van der Waals surface area contributed by atoms with Gasteiger partial charge in [-0.15, -0.1) is 12.6 Å². The Kier molecular flexibility index (Phi) is 5.76. The molecule has 1 aliphatic heterocycles. The number of amides is 1. The van der Waals surface area contributed by atoms with Gasteiger partial charge in [0, 0.05) is 11.3 Å². The maximum atomic E-state index is 12.6. The van der Waals surface area contributed by atoms with Crippen LogP contribution in [0, 0.1) is 25.2 Å². The summed E-state index contributed by atoms with van der Waals surface area (Å²) >= 11 is 16.7. The van der Waals surface area contributed by atoms with Crippen LogP contribution in [0.2, 0.25) is 10.0 Å². The normalized spacial score (nSPS) is 16.3. The fourth-order valence-electron chi connectivity index (χ4n) is 3.44. The van der Waals surface area contributed by atoms with Gasteiger partial charge in [-0.05, 0) is 61.4 Å². The minimum atomic E-state index is -0.686. The molecule has 1 N–H and O–H groups in total. The lowest BCUT2D eigenvalue weighted by atomic mass is 10.1. The summed E-state index contributed by atoms with van der Waals surface area (Å²) in [5.41, 5.74) is 3.51. The van der Waals surface area contributed by atoms with Crippen LogP contribution >= 0.6 is 35.8 Å². The molecule has 0 spiro atoms. The summed E-state index contributed by atoms with van der Waals surface area (Å²) in [4.78, 5) is 14.4. The number of halogens is 2. The van der Waals surface area contributed by atoms with Crippen molar-refractivity contribution in [3.8, 4) is 17.4 Å². The van der Waals surface area contributed by atoms with Crippen molar-refractivity contribution in [2.24, 2.45) is 0 Å². The summed E-state index contributed by atoms with van der Waals surface area (Å²) in [6.45, 7) is 3.93. The van der Waals surface area contributed by atoms with E-state index < -0.39 is 12.1 Å². The molecule has 0 fully saturated rings. The Labute approximate surface area is 195 Å². The first-order valence-electron chi connectivity index (χ1n) is 9.36. The lowest BCUT2D eigenvalue weighted by Gasteiger charge is -2.37. The van der Waals surface area contributed by atoms with E-state index in [1.54, 1.807) is 35.2 Å². The summed E-state index contributed by atoms with van der Waals surface area (Å²) in [5.74, 6) is 0.546. The highest BCUT2D eigenvalue weighted by molar-refractivity contribution is 7.84. The van der Waals surface area contributed by atoms with Gasteiger partial charge in [-0.25, -0.2) is 0 Å². The number of nitriles is 1. The molecule has 1 aromatic heterocycles. The maximum absolute atomic E-state index is 12.6. The van der Waals surface area contributed by atoms with E-state index in [0.717, 1.165) is 22.4 Å². The van der Waals surface area contributed by atoms with Gasteiger partial charge in [0.15, 0.2) is 6.17 Å². The quantitative estimate of drug-likeness (QED) is 0.449. The van der Waals surface area contributed by atoms with Crippen molar-refractivity contribution in [2.45, 2.75) is 20.0 Å². The fourth-order valence-corrected chi connectivity index (χ4v) is 4.11. The van der Waals surface area contributed by atoms with Crippen molar-refractivity contribution in [3.63, 3.8) is 0 Å². The highest BCUT2D eigenvalue weighted by Gasteiger charge is 2.36. The van der Waals surface area contributed by atoms with Crippen LogP contribution in [0.15, 0.2) is 63.6 Å². The second-order valence-electron chi connectivity index (χ2n) is 7.18. The number of furan rings is 1. The zero-order chi connectivity index (χ0) is 22.3. The lowest BCUT2D eigenvalue weighted by Crippen LogP contribution is -2.46. The van der Waals surface area contributed by atoms with Gasteiger partial charge >= 0.3 is 0 Å². The Morgan fingerprint density at radius 1 is 1.10 bits per heavy atom. The van der Waals surface area contributed by atoms with Crippen molar-refractivity contribution in [1.29, 1.82) is 5.26 Å².